The molecule has 0 aliphatic carbocycles. The smallest absolute Gasteiger partial charge is 0.274 e. The molecule has 7 nitrogen and oxygen atoms in total. The molecule has 0 radical (unpaired) electrons. The first-order chi connectivity index (χ1) is 11.9. The van der Waals surface area contributed by atoms with Crippen molar-refractivity contribution in [2.24, 2.45) is 7.05 Å². The van der Waals surface area contributed by atoms with Crippen molar-refractivity contribution >= 4 is 16.7 Å². The second kappa shape index (κ2) is 6.51. The quantitative estimate of drug-likeness (QED) is 0.787. The van der Waals surface area contributed by atoms with Gasteiger partial charge in [-0.3, -0.25) is 9.59 Å². The predicted octanol–water partition coefficient (Wildman–Crippen LogP) is 2.28. The third-order valence-corrected chi connectivity index (χ3v) is 3.97. The van der Waals surface area contributed by atoms with E-state index in [2.05, 4.69) is 15.4 Å². The summed E-state index contributed by atoms with van der Waals surface area (Å²) in [5, 5.41) is 8.38. The van der Waals surface area contributed by atoms with Crippen molar-refractivity contribution in [3.63, 3.8) is 0 Å². The average Bonchev–Trinajstić information content (AvgIpc) is 2.99. The van der Waals surface area contributed by atoms with Crippen LogP contribution >= 0.6 is 0 Å². The Morgan fingerprint density at radius 1 is 1.28 bits per heavy atom. The molecule has 0 aliphatic heterocycles. The lowest BCUT2D eigenvalue weighted by Gasteiger charge is -2.08. The second-order valence-electron chi connectivity index (χ2n) is 6.22. The first-order valence-electron chi connectivity index (χ1n) is 8.09. The van der Waals surface area contributed by atoms with Gasteiger partial charge < -0.3 is 9.73 Å². The number of amides is 1. The number of rotatable bonds is 4. The summed E-state index contributed by atoms with van der Waals surface area (Å²) >= 11 is 0. The summed E-state index contributed by atoms with van der Waals surface area (Å²) < 4.78 is 6.80. The van der Waals surface area contributed by atoms with Crippen molar-refractivity contribution in [1.82, 2.24) is 20.1 Å². The van der Waals surface area contributed by atoms with Gasteiger partial charge in [0, 0.05) is 18.4 Å². The van der Waals surface area contributed by atoms with Crippen LogP contribution < -0.4 is 10.9 Å². The van der Waals surface area contributed by atoms with Crippen molar-refractivity contribution < 1.29 is 9.21 Å². The van der Waals surface area contributed by atoms with Gasteiger partial charge in [0.05, 0.1) is 17.6 Å². The Kier molecular flexibility index (Phi) is 4.39. The lowest BCUT2D eigenvalue weighted by molar-refractivity contribution is 0.0944. The molecule has 1 amide bonds. The van der Waals surface area contributed by atoms with Crippen LogP contribution in [0.1, 0.15) is 47.6 Å². The number of carbonyl (C=O) groups is 1. The maximum atomic E-state index is 12.4. The maximum absolute atomic E-state index is 12.4. The third kappa shape index (κ3) is 3.17. The molecule has 7 heteroatoms. The minimum Gasteiger partial charge on any atom is -0.445 e. The number of hydrogen-bond donors (Lipinski definition) is 1. The van der Waals surface area contributed by atoms with Gasteiger partial charge in [0.1, 0.15) is 5.76 Å². The largest absolute Gasteiger partial charge is 0.445 e. The van der Waals surface area contributed by atoms with Gasteiger partial charge in [-0.2, -0.15) is 5.10 Å². The van der Waals surface area contributed by atoms with Crippen LogP contribution in [0.4, 0.5) is 0 Å². The molecule has 0 saturated carbocycles. The first-order valence-corrected chi connectivity index (χ1v) is 8.09. The van der Waals surface area contributed by atoms with E-state index in [1.807, 2.05) is 26.0 Å². The summed E-state index contributed by atoms with van der Waals surface area (Å²) in [5.41, 5.74) is 0.730. The van der Waals surface area contributed by atoms with E-state index < -0.39 is 0 Å². The molecule has 130 valence electrons. The molecule has 0 fully saturated rings. The maximum Gasteiger partial charge on any atom is 0.274 e. The van der Waals surface area contributed by atoms with Crippen LogP contribution in [0.25, 0.3) is 10.8 Å². The number of fused-ring (bicyclic) bond motifs is 1. The number of aromatic nitrogens is 3. The first kappa shape index (κ1) is 16.9. The number of aryl methyl sites for hydroxylation is 2. The Bertz CT molecular complexity index is 1000. The summed E-state index contributed by atoms with van der Waals surface area (Å²) in [4.78, 5) is 28.8. The van der Waals surface area contributed by atoms with Crippen LogP contribution in [0.3, 0.4) is 0 Å². The zero-order valence-corrected chi connectivity index (χ0v) is 14.7. The Hall–Kier alpha value is -2.96. The fraction of sp³-hybridized carbons (Fsp3) is 0.333. The monoisotopic (exact) mass is 340 g/mol. The normalized spacial score (nSPS) is 11.2. The molecule has 2 heterocycles. The van der Waals surface area contributed by atoms with E-state index >= 15 is 0 Å². The highest BCUT2D eigenvalue weighted by atomic mass is 16.4. The van der Waals surface area contributed by atoms with Gasteiger partial charge in [0.15, 0.2) is 11.6 Å². The van der Waals surface area contributed by atoms with E-state index in [0.29, 0.717) is 22.7 Å². The molecule has 0 unspecified atom stereocenters. The number of nitrogens with zero attached hydrogens (tertiary/aromatic N) is 3. The van der Waals surface area contributed by atoms with Crippen molar-refractivity contribution in [2.75, 3.05) is 0 Å². The highest BCUT2D eigenvalue weighted by Crippen LogP contribution is 2.18. The zero-order valence-electron chi connectivity index (χ0n) is 14.7. The number of oxazole rings is 1. The molecule has 2 aromatic heterocycles. The van der Waals surface area contributed by atoms with Crippen LogP contribution in [-0.2, 0) is 13.6 Å². The van der Waals surface area contributed by atoms with E-state index in [4.69, 9.17) is 4.42 Å². The number of hydrogen-bond acceptors (Lipinski definition) is 5. The van der Waals surface area contributed by atoms with E-state index in [-0.39, 0.29) is 29.6 Å². The van der Waals surface area contributed by atoms with Crippen molar-refractivity contribution in [3.8, 4) is 0 Å². The molecule has 3 rings (SSSR count). The minimum atomic E-state index is -0.326. The Balaban J connectivity index is 1.87. The highest BCUT2D eigenvalue weighted by molar-refractivity contribution is 5.93. The standard InChI is InChI=1S/C18H20N4O3/c1-10(2)17-20-15(11(3)25-17)16(23)19-9-14-12-7-5-6-8-13(12)18(24)22(4)21-14/h5-8,10H,9H2,1-4H3,(H,19,23). The zero-order chi connectivity index (χ0) is 18.1. The van der Waals surface area contributed by atoms with Crippen LogP contribution in [0.15, 0.2) is 33.5 Å². The van der Waals surface area contributed by atoms with E-state index in [9.17, 15) is 9.59 Å². The lowest BCUT2D eigenvalue weighted by atomic mass is 10.1. The Morgan fingerprint density at radius 3 is 2.60 bits per heavy atom. The van der Waals surface area contributed by atoms with E-state index in [0.717, 1.165) is 5.39 Å². The van der Waals surface area contributed by atoms with Gasteiger partial charge in [0.2, 0.25) is 0 Å². The SMILES string of the molecule is Cc1oc(C(C)C)nc1C(=O)NCc1nn(C)c(=O)c2ccccc12. The molecule has 0 saturated heterocycles. The minimum absolute atomic E-state index is 0.106. The van der Waals surface area contributed by atoms with Gasteiger partial charge in [-0.15, -0.1) is 0 Å². The van der Waals surface area contributed by atoms with Crippen molar-refractivity contribution in [2.45, 2.75) is 33.2 Å². The lowest BCUT2D eigenvalue weighted by Crippen LogP contribution is -2.27. The molecule has 0 spiro atoms. The molecule has 1 N–H and O–H groups in total. The van der Waals surface area contributed by atoms with Crippen LogP contribution in [0, 0.1) is 6.92 Å². The average molecular weight is 340 g/mol. The van der Waals surface area contributed by atoms with Crippen molar-refractivity contribution in [1.29, 1.82) is 0 Å². The summed E-state index contributed by atoms with van der Waals surface area (Å²) in [6, 6.07) is 7.22. The molecular formula is C18H20N4O3. The van der Waals surface area contributed by atoms with Crippen LogP contribution in [0.2, 0.25) is 0 Å². The van der Waals surface area contributed by atoms with Crippen LogP contribution in [0.5, 0.6) is 0 Å². The molecule has 25 heavy (non-hydrogen) atoms. The number of carbonyl (C=O) groups excluding carboxylic acids is 1. The molecule has 3 aromatic rings. The number of nitrogens with one attached hydrogen (secondary N) is 1. The summed E-state index contributed by atoms with van der Waals surface area (Å²) in [6.45, 7) is 5.81. The Morgan fingerprint density at radius 2 is 1.96 bits per heavy atom. The molecular weight excluding hydrogens is 320 g/mol. The molecule has 0 aliphatic rings. The van der Waals surface area contributed by atoms with E-state index in [1.165, 1.54) is 4.68 Å². The fourth-order valence-electron chi connectivity index (χ4n) is 2.63. The number of benzene rings is 1. The predicted molar refractivity (Wildman–Crippen MR) is 93.5 cm³/mol. The second-order valence-corrected chi connectivity index (χ2v) is 6.22. The van der Waals surface area contributed by atoms with Gasteiger partial charge in [-0.05, 0) is 13.0 Å². The van der Waals surface area contributed by atoms with Gasteiger partial charge in [0.25, 0.3) is 11.5 Å². The van der Waals surface area contributed by atoms with Gasteiger partial charge in [-0.1, -0.05) is 32.0 Å². The van der Waals surface area contributed by atoms with Gasteiger partial charge in [-0.25, -0.2) is 9.67 Å². The summed E-state index contributed by atoms with van der Waals surface area (Å²) in [5.74, 6) is 0.801. The summed E-state index contributed by atoms with van der Waals surface area (Å²) in [6.07, 6.45) is 0. The van der Waals surface area contributed by atoms with E-state index in [1.54, 1.807) is 26.1 Å². The fourth-order valence-corrected chi connectivity index (χ4v) is 2.63. The van der Waals surface area contributed by atoms with Crippen molar-refractivity contribution in [3.05, 3.63) is 57.7 Å². The topological polar surface area (TPSA) is 90.0 Å². The summed E-state index contributed by atoms with van der Waals surface area (Å²) in [7, 11) is 1.59. The third-order valence-electron chi connectivity index (χ3n) is 3.97. The molecule has 0 atom stereocenters. The Labute approximate surface area is 144 Å². The van der Waals surface area contributed by atoms with Crippen LogP contribution in [-0.4, -0.2) is 20.7 Å². The molecule has 0 bridgehead atoms. The highest BCUT2D eigenvalue weighted by Gasteiger charge is 2.19. The van der Waals surface area contributed by atoms with Gasteiger partial charge >= 0.3 is 0 Å². The molecule has 1 aromatic carbocycles.